The largest absolute Gasteiger partial charge is 0.369 e. The summed E-state index contributed by atoms with van der Waals surface area (Å²) in [6, 6.07) is 10.9. The van der Waals surface area contributed by atoms with Crippen LogP contribution in [0.4, 0.5) is 17.3 Å². The maximum Gasteiger partial charge on any atom is 0.268 e. The van der Waals surface area contributed by atoms with Crippen LogP contribution in [0.25, 0.3) is 11.0 Å². The normalized spacial score (nSPS) is 16.7. The van der Waals surface area contributed by atoms with Crippen LogP contribution in [-0.4, -0.2) is 66.2 Å². The Balaban J connectivity index is 1.19. The molecule has 2 saturated heterocycles. The molecule has 1 N–H and O–H groups in total. The SMILES string of the molecule is CCc1ncsc1Cn1c(=O)c(C#Cc2nccn2C)cc2cnc(Nc3ccc(N4CCN5CCCC5C4)cc3)nc21. The fraction of sp³-hybridized carbons (Fsp3) is 0.344. The summed E-state index contributed by atoms with van der Waals surface area (Å²) in [5, 5.41) is 4.08. The molecule has 11 heteroatoms. The van der Waals surface area contributed by atoms with Crippen LogP contribution in [0.3, 0.4) is 0 Å². The first kappa shape index (κ1) is 27.3. The summed E-state index contributed by atoms with van der Waals surface area (Å²) in [5.74, 6) is 7.08. The Bertz CT molecular complexity index is 1900. The van der Waals surface area contributed by atoms with E-state index in [-0.39, 0.29) is 5.56 Å². The van der Waals surface area contributed by atoms with Gasteiger partial charge in [0, 0.05) is 73.0 Å². The molecule has 2 fully saturated rings. The summed E-state index contributed by atoms with van der Waals surface area (Å²) in [4.78, 5) is 38.1. The van der Waals surface area contributed by atoms with Crippen LogP contribution in [0.15, 0.2) is 59.2 Å². The van der Waals surface area contributed by atoms with E-state index in [1.165, 1.54) is 25.1 Å². The Morgan fingerprint density at radius 2 is 1.98 bits per heavy atom. The molecule has 2 aliphatic rings. The highest BCUT2D eigenvalue weighted by molar-refractivity contribution is 7.09. The average Bonchev–Trinajstić information content (AvgIpc) is 3.79. The third kappa shape index (κ3) is 5.51. The number of nitrogens with one attached hydrogen (secondary N) is 1. The van der Waals surface area contributed by atoms with E-state index >= 15 is 0 Å². The van der Waals surface area contributed by atoms with Crippen molar-refractivity contribution in [2.45, 2.75) is 38.8 Å². The molecule has 0 radical (unpaired) electrons. The van der Waals surface area contributed by atoms with E-state index in [2.05, 4.69) is 73.1 Å². The fourth-order valence-electron chi connectivity index (χ4n) is 6.03. The molecule has 7 rings (SSSR count). The second-order valence-electron chi connectivity index (χ2n) is 11.1. The van der Waals surface area contributed by atoms with Crippen molar-refractivity contribution >= 4 is 39.7 Å². The van der Waals surface area contributed by atoms with Crippen molar-refractivity contribution in [3.05, 3.63) is 86.7 Å². The van der Waals surface area contributed by atoms with Crippen molar-refractivity contribution in [3.63, 3.8) is 0 Å². The summed E-state index contributed by atoms with van der Waals surface area (Å²) < 4.78 is 3.50. The lowest BCUT2D eigenvalue weighted by molar-refractivity contribution is 0.231. The molecule has 4 aromatic heterocycles. The molecule has 1 unspecified atom stereocenters. The van der Waals surface area contributed by atoms with Crippen molar-refractivity contribution in [1.29, 1.82) is 0 Å². The Morgan fingerprint density at radius 1 is 1.09 bits per heavy atom. The number of aromatic nitrogens is 6. The first-order chi connectivity index (χ1) is 21.1. The van der Waals surface area contributed by atoms with Crippen LogP contribution >= 0.6 is 11.3 Å². The quantitative estimate of drug-likeness (QED) is 0.296. The third-order valence-corrected chi connectivity index (χ3v) is 9.26. The van der Waals surface area contributed by atoms with Gasteiger partial charge in [0.15, 0.2) is 5.82 Å². The van der Waals surface area contributed by atoms with E-state index in [1.807, 2.05) is 23.3 Å². The van der Waals surface area contributed by atoms with Gasteiger partial charge in [-0.15, -0.1) is 11.3 Å². The molecule has 5 aromatic rings. The van der Waals surface area contributed by atoms with E-state index in [0.717, 1.165) is 47.7 Å². The minimum Gasteiger partial charge on any atom is -0.369 e. The van der Waals surface area contributed by atoms with Crippen molar-refractivity contribution < 1.29 is 0 Å². The number of imidazole rings is 1. The number of piperazine rings is 1. The van der Waals surface area contributed by atoms with Gasteiger partial charge < -0.3 is 14.8 Å². The molecule has 0 aliphatic carbocycles. The molecule has 0 saturated carbocycles. The summed E-state index contributed by atoms with van der Waals surface area (Å²) in [6.07, 6.45) is 8.65. The molecule has 1 aromatic carbocycles. The molecule has 1 atom stereocenters. The summed E-state index contributed by atoms with van der Waals surface area (Å²) in [7, 11) is 1.87. The predicted octanol–water partition coefficient (Wildman–Crippen LogP) is 4.02. The highest BCUT2D eigenvalue weighted by Crippen LogP contribution is 2.27. The minimum atomic E-state index is -0.207. The van der Waals surface area contributed by atoms with E-state index in [9.17, 15) is 4.79 Å². The monoisotopic (exact) mass is 591 g/mol. The summed E-state index contributed by atoms with van der Waals surface area (Å²) in [6.45, 7) is 6.95. The number of hydrogen-bond donors (Lipinski definition) is 1. The topological polar surface area (TPSA) is 97.0 Å². The molecule has 10 nitrogen and oxygen atoms in total. The lowest BCUT2D eigenvalue weighted by Gasteiger charge is -2.38. The molecule has 43 heavy (non-hydrogen) atoms. The molecule has 2 aliphatic heterocycles. The third-order valence-electron chi connectivity index (χ3n) is 8.40. The van der Waals surface area contributed by atoms with Gasteiger partial charge in [-0.2, -0.15) is 4.98 Å². The van der Waals surface area contributed by atoms with Crippen molar-refractivity contribution in [1.82, 2.24) is 34.0 Å². The zero-order chi connectivity index (χ0) is 29.3. The Morgan fingerprint density at radius 3 is 2.79 bits per heavy atom. The van der Waals surface area contributed by atoms with Gasteiger partial charge in [-0.05, 0) is 62.1 Å². The van der Waals surface area contributed by atoms with Crippen LogP contribution in [0, 0.1) is 11.8 Å². The van der Waals surface area contributed by atoms with Crippen LogP contribution < -0.4 is 15.8 Å². The summed E-state index contributed by atoms with van der Waals surface area (Å²) in [5.41, 5.74) is 5.65. The Kier molecular flexibility index (Phi) is 7.39. The van der Waals surface area contributed by atoms with Gasteiger partial charge in [-0.3, -0.25) is 14.3 Å². The van der Waals surface area contributed by atoms with E-state index in [0.29, 0.717) is 35.6 Å². The van der Waals surface area contributed by atoms with Crippen LogP contribution in [-0.2, 0) is 20.0 Å². The van der Waals surface area contributed by atoms with Gasteiger partial charge in [-0.1, -0.05) is 12.8 Å². The average molecular weight is 592 g/mol. The first-order valence-corrected chi connectivity index (χ1v) is 15.6. The van der Waals surface area contributed by atoms with Gasteiger partial charge in [0.2, 0.25) is 5.95 Å². The highest BCUT2D eigenvalue weighted by atomic mass is 32.1. The lowest BCUT2D eigenvalue weighted by Crippen LogP contribution is -2.50. The maximum atomic E-state index is 13.8. The number of nitrogens with zero attached hydrogens (tertiary/aromatic N) is 8. The van der Waals surface area contributed by atoms with Crippen molar-refractivity contribution in [2.24, 2.45) is 7.05 Å². The van der Waals surface area contributed by atoms with Gasteiger partial charge in [-0.25, -0.2) is 15.0 Å². The molecule has 218 valence electrons. The smallest absolute Gasteiger partial charge is 0.268 e. The zero-order valence-electron chi connectivity index (χ0n) is 24.3. The summed E-state index contributed by atoms with van der Waals surface area (Å²) >= 11 is 1.54. The van der Waals surface area contributed by atoms with Gasteiger partial charge in [0.1, 0.15) is 5.65 Å². The van der Waals surface area contributed by atoms with Gasteiger partial charge >= 0.3 is 0 Å². The number of thiazole rings is 1. The van der Waals surface area contributed by atoms with Crippen LogP contribution in [0.1, 0.15) is 41.7 Å². The standard InChI is InChI=1S/C32H33N9OS/c1-3-27-28(43-21-35-27)20-41-30-23(17-22(31(41)42)6-11-29-33-12-14-38(29)2)18-34-32(37-30)36-24-7-9-25(10-8-24)40-16-15-39-13-4-5-26(39)19-40/h7-10,12,14,17-18,21,26H,3-5,13,15-16,19-20H2,1-2H3,(H,34,36,37). The second kappa shape index (κ2) is 11.6. The Labute approximate surface area is 254 Å². The molecule has 0 spiro atoms. The molecule has 0 amide bonds. The van der Waals surface area contributed by atoms with E-state index in [4.69, 9.17) is 4.98 Å². The van der Waals surface area contributed by atoms with Crippen LogP contribution in [0.2, 0.25) is 0 Å². The molecule has 6 heterocycles. The van der Waals surface area contributed by atoms with Crippen LogP contribution in [0.5, 0.6) is 0 Å². The molecular weight excluding hydrogens is 558 g/mol. The number of pyridine rings is 1. The fourth-order valence-corrected chi connectivity index (χ4v) is 6.87. The van der Waals surface area contributed by atoms with Crippen molar-refractivity contribution in [2.75, 3.05) is 36.4 Å². The van der Waals surface area contributed by atoms with E-state index < -0.39 is 0 Å². The number of anilines is 3. The number of fused-ring (bicyclic) bond motifs is 2. The lowest BCUT2D eigenvalue weighted by atomic mass is 10.1. The molecule has 0 bridgehead atoms. The van der Waals surface area contributed by atoms with Gasteiger partial charge in [0.25, 0.3) is 5.56 Å². The second-order valence-corrected chi connectivity index (χ2v) is 12.0. The first-order valence-electron chi connectivity index (χ1n) is 14.7. The predicted molar refractivity (Wildman–Crippen MR) is 170 cm³/mol. The Hall–Kier alpha value is -4.53. The minimum absolute atomic E-state index is 0.207. The maximum absolute atomic E-state index is 13.8. The van der Waals surface area contributed by atoms with Crippen molar-refractivity contribution in [3.8, 4) is 11.8 Å². The number of benzene rings is 1. The number of aryl methyl sites for hydroxylation is 2. The molecular formula is C32H33N9OS. The number of rotatable bonds is 6. The van der Waals surface area contributed by atoms with E-state index in [1.54, 1.807) is 34.4 Å². The number of hydrogen-bond acceptors (Lipinski definition) is 9. The van der Waals surface area contributed by atoms with Gasteiger partial charge in [0.05, 0.1) is 23.3 Å². The highest BCUT2D eigenvalue weighted by Gasteiger charge is 2.30. The zero-order valence-corrected chi connectivity index (χ0v) is 25.1.